The number of nitrogens with zero attached hydrogens (tertiary/aromatic N) is 2. The van der Waals surface area contributed by atoms with Crippen LogP contribution >= 0.6 is 0 Å². The summed E-state index contributed by atoms with van der Waals surface area (Å²) in [6, 6.07) is 9.08. The zero-order chi connectivity index (χ0) is 20.1. The van der Waals surface area contributed by atoms with E-state index in [0.29, 0.717) is 25.9 Å². The highest BCUT2D eigenvalue weighted by Gasteiger charge is 2.39. The average Bonchev–Trinajstić information content (AvgIpc) is 2.65. The van der Waals surface area contributed by atoms with Gasteiger partial charge in [-0.2, -0.15) is 0 Å². The summed E-state index contributed by atoms with van der Waals surface area (Å²) in [4.78, 5) is 39.5. The Morgan fingerprint density at radius 3 is 2.64 bits per heavy atom. The number of aliphatic carboxylic acids is 1. The number of likely N-dealkylation sites (N-methyl/N-ethyl adjacent to an activating group) is 1. The number of rotatable bonds is 8. The Morgan fingerprint density at radius 2 is 2.00 bits per heavy atom. The molecular weight excluding hydrogens is 362 g/mol. The van der Waals surface area contributed by atoms with Crippen LogP contribution in [0.25, 0.3) is 0 Å². The molecule has 8 nitrogen and oxygen atoms in total. The number of carbonyl (C=O) groups excluding carboxylic acids is 2. The van der Waals surface area contributed by atoms with Crippen LogP contribution in [0.3, 0.4) is 0 Å². The number of carboxylic acids is 1. The average molecular weight is 389 g/mol. The van der Waals surface area contributed by atoms with Crippen LogP contribution in [0.4, 0.5) is 0 Å². The molecule has 0 aromatic heterocycles. The fraction of sp³-hybridized carbons (Fsp3) is 0.550. The van der Waals surface area contributed by atoms with Crippen LogP contribution in [0.1, 0.15) is 25.3 Å². The molecule has 1 saturated heterocycles. The molecule has 1 aromatic carbocycles. The van der Waals surface area contributed by atoms with Crippen molar-refractivity contribution < 1.29 is 24.2 Å². The maximum Gasteiger partial charge on any atom is 0.317 e. The van der Waals surface area contributed by atoms with Crippen LogP contribution < -0.4 is 5.32 Å². The molecule has 0 bridgehead atoms. The van der Waals surface area contributed by atoms with Crippen LogP contribution in [0.15, 0.2) is 30.3 Å². The Kier molecular flexibility index (Phi) is 6.64. The maximum absolute atomic E-state index is 12.8. The van der Waals surface area contributed by atoms with Crippen LogP contribution in [-0.4, -0.2) is 77.1 Å². The van der Waals surface area contributed by atoms with Gasteiger partial charge >= 0.3 is 5.97 Å². The van der Waals surface area contributed by atoms with E-state index in [0.717, 1.165) is 5.56 Å². The first-order valence-electron chi connectivity index (χ1n) is 9.65. The van der Waals surface area contributed by atoms with Gasteiger partial charge in [0.05, 0.1) is 13.2 Å². The number of hydrogen-bond donors (Lipinski definition) is 2. The third kappa shape index (κ3) is 4.88. The van der Waals surface area contributed by atoms with Crippen molar-refractivity contribution in [1.29, 1.82) is 0 Å². The lowest BCUT2D eigenvalue weighted by Crippen LogP contribution is -2.60. The van der Waals surface area contributed by atoms with Gasteiger partial charge in [-0.05, 0) is 24.9 Å². The largest absolute Gasteiger partial charge is 0.480 e. The zero-order valence-corrected chi connectivity index (χ0v) is 16.0. The molecule has 0 spiro atoms. The van der Waals surface area contributed by atoms with E-state index in [1.54, 1.807) is 4.90 Å². The topological polar surface area (TPSA) is 99.2 Å². The molecule has 2 aliphatic rings. The molecule has 152 valence electrons. The van der Waals surface area contributed by atoms with E-state index in [1.165, 1.54) is 0 Å². The predicted octanol–water partition coefficient (Wildman–Crippen LogP) is 0.468. The molecule has 8 heteroatoms. The maximum atomic E-state index is 12.8. The van der Waals surface area contributed by atoms with Crippen molar-refractivity contribution in [2.45, 2.75) is 44.4 Å². The highest BCUT2D eigenvalue weighted by atomic mass is 16.5. The summed E-state index contributed by atoms with van der Waals surface area (Å²) in [5, 5.41) is 12.0. The molecule has 28 heavy (non-hydrogen) atoms. The standard InChI is InChI=1S/C20H27N3O5/c1-2-22(11-19(25)26)16-8-15(9-16)21-20(27)17-12-28-13-18(24)23(17)10-14-6-4-3-5-7-14/h3-7,15-17H,2,8-13H2,1H3,(H,21,27)(H,25,26)/t15?,16?,17-/m1/s1. The Bertz CT molecular complexity index is 705. The third-order valence-electron chi connectivity index (χ3n) is 5.42. The molecular formula is C20H27N3O5. The van der Waals surface area contributed by atoms with E-state index in [2.05, 4.69) is 5.32 Å². The third-order valence-corrected chi connectivity index (χ3v) is 5.42. The molecule has 1 saturated carbocycles. The van der Waals surface area contributed by atoms with Crippen molar-refractivity contribution >= 4 is 17.8 Å². The van der Waals surface area contributed by atoms with Gasteiger partial charge in [-0.25, -0.2) is 0 Å². The van der Waals surface area contributed by atoms with E-state index in [1.807, 2.05) is 42.2 Å². The second kappa shape index (κ2) is 9.16. The Morgan fingerprint density at radius 1 is 1.29 bits per heavy atom. The van der Waals surface area contributed by atoms with Crippen molar-refractivity contribution in [3.05, 3.63) is 35.9 Å². The summed E-state index contributed by atoms with van der Waals surface area (Å²) in [6.45, 7) is 3.15. The first kappa shape index (κ1) is 20.3. The summed E-state index contributed by atoms with van der Waals surface area (Å²) in [5.41, 5.74) is 0.964. The van der Waals surface area contributed by atoms with Gasteiger partial charge in [0.15, 0.2) is 0 Å². The molecule has 3 rings (SSSR count). The number of carboxylic acid groups (broad SMARTS) is 1. The van der Waals surface area contributed by atoms with Gasteiger partial charge in [-0.1, -0.05) is 37.3 Å². The summed E-state index contributed by atoms with van der Waals surface area (Å²) in [6.07, 6.45) is 1.43. The number of benzene rings is 1. The molecule has 1 aromatic rings. The van der Waals surface area contributed by atoms with Gasteiger partial charge in [-0.15, -0.1) is 0 Å². The highest BCUT2D eigenvalue weighted by Crippen LogP contribution is 2.26. The van der Waals surface area contributed by atoms with Gasteiger partial charge < -0.3 is 20.1 Å². The number of carbonyl (C=O) groups is 3. The summed E-state index contributed by atoms with van der Waals surface area (Å²) < 4.78 is 5.31. The molecule has 1 aliphatic carbocycles. The minimum absolute atomic E-state index is 0.00375. The molecule has 1 atom stereocenters. The van der Waals surface area contributed by atoms with Gasteiger partial charge in [0.1, 0.15) is 12.6 Å². The quantitative estimate of drug-likeness (QED) is 0.671. The predicted molar refractivity (Wildman–Crippen MR) is 101 cm³/mol. The first-order valence-corrected chi connectivity index (χ1v) is 9.65. The number of hydrogen-bond acceptors (Lipinski definition) is 5. The van der Waals surface area contributed by atoms with E-state index in [4.69, 9.17) is 9.84 Å². The first-order chi connectivity index (χ1) is 13.5. The SMILES string of the molecule is CCN(CC(=O)O)C1CC(NC(=O)[C@H]2COCC(=O)N2Cc2ccccc2)C1. The normalized spacial score (nSPS) is 24.7. The van der Waals surface area contributed by atoms with Crippen molar-refractivity contribution in [3.63, 3.8) is 0 Å². The van der Waals surface area contributed by atoms with Crippen LogP contribution in [0.2, 0.25) is 0 Å². The van der Waals surface area contributed by atoms with E-state index in [9.17, 15) is 14.4 Å². The lowest BCUT2D eigenvalue weighted by atomic mass is 9.85. The Labute approximate surface area is 164 Å². The molecule has 2 amide bonds. The Balaban J connectivity index is 1.55. The molecule has 1 heterocycles. The fourth-order valence-corrected chi connectivity index (χ4v) is 3.77. The van der Waals surface area contributed by atoms with Crippen LogP contribution in [0.5, 0.6) is 0 Å². The van der Waals surface area contributed by atoms with Crippen molar-refractivity contribution in [3.8, 4) is 0 Å². The van der Waals surface area contributed by atoms with Crippen LogP contribution in [-0.2, 0) is 25.7 Å². The highest BCUT2D eigenvalue weighted by molar-refractivity contribution is 5.89. The number of nitrogens with one attached hydrogen (secondary N) is 1. The summed E-state index contributed by atoms with van der Waals surface area (Å²) in [7, 11) is 0. The van der Waals surface area contributed by atoms with Gasteiger partial charge in [0.25, 0.3) is 0 Å². The minimum atomic E-state index is -0.844. The van der Waals surface area contributed by atoms with Gasteiger partial charge in [-0.3, -0.25) is 19.3 Å². The zero-order valence-electron chi connectivity index (χ0n) is 16.0. The summed E-state index contributed by atoms with van der Waals surface area (Å²) in [5.74, 6) is -1.25. The number of amides is 2. The van der Waals surface area contributed by atoms with Crippen molar-refractivity contribution in [2.75, 3.05) is 26.3 Å². The second-order valence-electron chi connectivity index (χ2n) is 7.33. The summed E-state index contributed by atoms with van der Waals surface area (Å²) >= 11 is 0. The van der Waals surface area contributed by atoms with E-state index >= 15 is 0 Å². The lowest BCUT2D eigenvalue weighted by Gasteiger charge is -2.43. The van der Waals surface area contributed by atoms with Gasteiger partial charge in [0, 0.05) is 18.6 Å². The van der Waals surface area contributed by atoms with E-state index in [-0.39, 0.29) is 43.7 Å². The Hall–Kier alpha value is -2.45. The van der Waals surface area contributed by atoms with Gasteiger partial charge in [0.2, 0.25) is 11.8 Å². The monoisotopic (exact) mass is 389 g/mol. The van der Waals surface area contributed by atoms with E-state index < -0.39 is 12.0 Å². The minimum Gasteiger partial charge on any atom is -0.480 e. The molecule has 0 unspecified atom stereocenters. The second-order valence-corrected chi connectivity index (χ2v) is 7.33. The smallest absolute Gasteiger partial charge is 0.317 e. The molecule has 2 N–H and O–H groups in total. The molecule has 0 radical (unpaired) electrons. The molecule has 1 aliphatic heterocycles. The lowest BCUT2D eigenvalue weighted by molar-refractivity contribution is -0.156. The van der Waals surface area contributed by atoms with Crippen LogP contribution in [0, 0.1) is 0 Å². The van der Waals surface area contributed by atoms with Crippen molar-refractivity contribution in [1.82, 2.24) is 15.1 Å². The fourth-order valence-electron chi connectivity index (χ4n) is 3.77. The number of morpholine rings is 1. The number of ether oxygens (including phenoxy) is 1. The van der Waals surface area contributed by atoms with Crippen molar-refractivity contribution in [2.24, 2.45) is 0 Å². The molecule has 2 fully saturated rings.